The average Bonchev–Trinajstić information content (AvgIpc) is 2.94. The van der Waals surface area contributed by atoms with Crippen LogP contribution in [0.5, 0.6) is 0 Å². The summed E-state index contributed by atoms with van der Waals surface area (Å²) >= 11 is 7.44. The fourth-order valence-electron chi connectivity index (χ4n) is 2.10. The number of Topliss-reactive ketones (excluding diaryl/α,β-unsaturated/α-hetero) is 1. The molecule has 0 amide bonds. The summed E-state index contributed by atoms with van der Waals surface area (Å²) in [6.07, 6.45) is 1.32. The topological polar surface area (TPSA) is 43.1 Å². The highest BCUT2D eigenvalue weighted by atomic mass is 35.5. The molecule has 1 aromatic heterocycles. The lowest BCUT2D eigenvalue weighted by molar-refractivity contribution is 0.0982. The first-order valence-electron chi connectivity index (χ1n) is 6.99. The molecule has 0 aliphatic heterocycles. The monoisotopic (exact) mass is 331 g/mol. The second kappa shape index (κ2) is 6.99. The standard InChI is InChI=1S/C17H14ClNO2S/c18-13-8-9-16-14(11-13)19-17(21-16)22-10-4-7-15(20)12-5-2-1-3-6-12/h1-3,5-6,8-9,11H,4,7,10H2. The lowest BCUT2D eigenvalue weighted by atomic mass is 10.1. The highest BCUT2D eigenvalue weighted by Gasteiger charge is 2.08. The van der Waals surface area contributed by atoms with Gasteiger partial charge >= 0.3 is 0 Å². The Labute approximate surface area is 137 Å². The minimum absolute atomic E-state index is 0.172. The Morgan fingerprint density at radius 3 is 2.82 bits per heavy atom. The number of hydrogen-bond donors (Lipinski definition) is 0. The highest BCUT2D eigenvalue weighted by molar-refractivity contribution is 7.99. The van der Waals surface area contributed by atoms with Crippen LogP contribution in [0.3, 0.4) is 0 Å². The van der Waals surface area contributed by atoms with Crippen LogP contribution in [0.25, 0.3) is 11.1 Å². The van der Waals surface area contributed by atoms with Crippen molar-refractivity contribution in [1.29, 1.82) is 0 Å². The number of rotatable bonds is 6. The van der Waals surface area contributed by atoms with Crippen LogP contribution in [0.2, 0.25) is 5.02 Å². The number of halogens is 1. The number of thioether (sulfide) groups is 1. The van der Waals surface area contributed by atoms with E-state index in [2.05, 4.69) is 4.98 Å². The van der Waals surface area contributed by atoms with Gasteiger partial charge in [-0.2, -0.15) is 0 Å². The lowest BCUT2D eigenvalue weighted by Crippen LogP contribution is -1.99. The first-order chi connectivity index (χ1) is 10.7. The third-order valence-corrected chi connectivity index (χ3v) is 4.35. The van der Waals surface area contributed by atoms with Gasteiger partial charge in [-0.15, -0.1) is 0 Å². The zero-order valence-corrected chi connectivity index (χ0v) is 13.4. The normalized spacial score (nSPS) is 11.0. The van der Waals surface area contributed by atoms with Gasteiger partial charge in [-0.3, -0.25) is 4.79 Å². The highest BCUT2D eigenvalue weighted by Crippen LogP contribution is 2.26. The molecule has 3 rings (SSSR count). The number of nitrogens with zero attached hydrogens (tertiary/aromatic N) is 1. The Morgan fingerprint density at radius 2 is 2.00 bits per heavy atom. The molecule has 0 atom stereocenters. The second-order valence-corrected chi connectivity index (χ2v) is 6.32. The third kappa shape index (κ3) is 3.70. The maximum absolute atomic E-state index is 12.0. The van der Waals surface area contributed by atoms with Crippen molar-refractivity contribution in [2.45, 2.75) is 18.1 Å². The molecular weight excluding hydrogens is 318 g/mol. The summed E-state index contributed by atoms with van der Waals surface area (Å²) in [6.45, 7) is 0. The molecule has 1 heterocycles. The maximum atomic E-state index is 12.0. The molecule has 0 saturated heterocycles. The molecule has 0 unspecified atom stereocenters. The van der Waals surface area contributed by atoms with Gasteiger partial charge in [0.15, 0.2) is 11.4 Å². The molecule has 0 N–H and O–H groups in total. The Bertz CT molecular complexity index is 786. The van der Waals surface area contributed by atoms with Gasteiger partial charge in [0.25, 0.3) is 5.22 Å². The van der Waals surface area contributed by atoms with E-state index in [1.165, 1.54) is 11.8 Å². The molecule has 0 fully saturated rings. The van der Waals surface area contributed by atoms with Crippen LogP contribution in [0, 0.1) is 0 Å². The van der Waals surface area contributed by atoms with Crippen LogP contribution >= 0.6 is 23.4 Å². The van der Waals surface area contributed by atoms with Crippen molar-refractivity contribution in [1.82, 2.24) is 4.98 Å². The zero-order chi connectivity index (χ0) is 15.4. The van der Waals surface area contributed by atoms with E-state index in [1.54, 1.807) is 12.1 Å². The van der Waals surface area contributed by atoms with Crippen molar-refractivity contribution in [3.63, 3.8) is 0 Å². The smallest absolute Gasteiger partial charge is 0.256 e. The van der Waals surface area contributed by atoms with E-state index >= 15 is 0 Å². The number of benzene rings is 2. The first kappa shape index (κ1) is 15.1. The van der Waals surface area contributed by atoms with Crippen molar-refractivity contribution < 1.29 is 9.21 Å². The summed E-state index contributed by atoms with van der Waals surface area (Å²) in [5.74, 6) is 0.963. The van der Waals surface area contributed by atoms with Crippen LogP contribution in [0.4, 0.5) is 0 Å². The van der Waals surface area contributed by atoms with Crippen LogP contribution < -0.4 is 0 Å². The molecule has 5 heteroatoms. The summed E-state index contributed by atoms with van der Waals surface area (Å²) in [4.78, 5) is 16.3. The van der Waals surface area contributed by atoms with E-state index < -0.39 is 0 Å². The van der Waals surface area contributed by atoms with Gasteiger partial charge in [0.05, 0.1) is 0 Å². The lowest BCUT2D eigenvalue weighted by Gasteiger charge is -1.99. The van der Waals surface area contributed by atoms with Gasteiger partial charge in [-0.1, -0.05) is 53.7 Å². The molecule has 0 saturated carbocycles. The predicted octanol–water partition coefficient (Wildman–Crippen LogP) is 5.24. The van der Waals surface area contributed by atoms with Crippen LogP contribution in [-0.2, 0) is 0 Å². The Morgan fingerprint density at radius 1 is 1.18 bits per heavy atom. The first-order valence-corrected chi connectivity index (χ1v) is 8.36. The molecule has 0 bridgehead atoms. The summed E-state index contributed by atoms with van der Waals surface area (Å²) in [6, 6.07) is 14.7. The van der Waals surface area contributed by atoms with Crippen LogP contribution in [0.15, 0.2) is 58.2 Å². The van der Waals surface area contributed by atoms with Crippen LogP contribution in [0.1, 0.15) is 23.2 Å². The van der Waals surface area contributed by atoms with Gasteiger partial charge < -0.3 is 4.42 Å². The van der Waals surface area contributed by atoms with E-state index in [0.717, 1.165) is 28.8 Å². The Kier molecular flexibility index (Phi) is 4.80. The molecule has 0 radical (unpaired) electrons. The van der Waals surface area contributed by atoms with Crippen molar-refractivity contribution in [2.24, 2.45) is 0 Å². The number of aromatic nitrogens is 1. The summed E-state index contributed by atoms with van der Waals surface area (Å²) in [5.41, 5.74) is 2.26. The molecule has 0 aliphatic carbocycles. The predicted molar refractivity (Wildman–Crippen MR) is 89.7 cm³/mol. The van der Waals surface area contributed by atoms with Crippen molar-refractivity contribution in [2.75, 3.05) is 5.75 Å². The van der Waals surface area contributed by atoms with Crippen LogP contribution in [-0.4, -0.2) is 16.5 Å². The summed E-state index contributed by atoms with van der Waals surface area (Å²) in [5, 5.41) is 1.26. The average molecular weight is 332 g/mol. The molecule has 112 valence electrons. The van der Waals surface area contributed by atoms with Gasteiger partial charge in [-0.25, -0.2) is 4.98 Å². The van der Waals surface area contributed by atoms with Crippen molar-refractivity contribution in [3.8, 4) is 0 Å². The Hall–Kier alpha value is -1.78. The number of oxazole rings is 1. The molecule has 22 heavy (non-hydrogen) atoms. The van der Waals surface area contributed by atoms with E-state index in [4.69, 9.17) is 16.0 Å². The fourth-order valence-corrected chi connectivity index (χ4v) is 3.04. The minimum Gasteiger partial charge on any atom is -0.431 e. The van der Waals surface area contributed by atoms with E-state index in [0.29, 0.717) is 16.7 Å². The number of carbonyl (C=O) groups excluding carboxylic acids is 1. The number of carbonyl (C=O) groups is 1. The summed E-state index contributed by atoms with van der Waals surface area (Å²) in [7, 11) is 0. The molecule has 3 nitrogen and oxygen atoms in total. The number of hydrogen-bond acceptors (Lipinski definition) is 4. The van der Waals surface area contributed by atoms with Gasteiger partial charge in [0.1, 0.15) is 5.52 Å². The van der Waals surface area contributed by atoms with Gasteiger partial charge in [0.2, 0.25) is 0 Å². The summed E-state index contributed by atoms with van der Waals surface area (Å²) < 4.78 is 5.62. The van der Waals surface area contributed by atoms with E-state index in [1.807, 2.05) is 36.4 Å². The molecular formula is C17H14ClNO2S. The SMILES string of the molecule is O=C(CCCSc1nc2cc(Cl)ccc2o1)c1ccccc1. The van der Waals surface area contributed by atoms with E-state index in [9.17, 15) is 4.79 Å². The zero-order valence-electron chi connectivity index (χ0n) is 11.8. The second-order valence-electron chi connectivity index (χ2n) is 4.83. The molecule has 0 aliphatic rings. The number of fused-ring (bicyclic) bond motifs is 1. The molecule has 2 aromatic carbocycles. The van der Waals surface area contributed by atoms with E-state index in [-0.39, 0.29) is 5.78 Å². The third-order valence-electron chi connectivity index (χ3n) is 3.20. The quantitative estimate of drug-likeness (QED) is 0.352. The van der Waals surface area contributed by atoms with Gasteiger partial charge in [0, 0.05) is 22.8 Å². The fraction of sp³-hybridized carbons (Fsp3) is 0.176. The molecule has 0 spiro atoms. The number of ketones is 1. The van der Waals surface area contributed by atoms with Crippen molar-refractivity contribution >= 4 is 40.2 Å². The molecule has 3 aromatic rings. The maximum Gasteiger partial charge on any atom is 0.256 e. The van der Waals surface area contributed by atoms with Crippen molar-refractivity contribution in [3.05, 3.63) is 59.1 Å². The van der Waals surface area contributed by atoms with Gasteiger partial charge in [-0.05, 0) is 24.6 Å². The Balaban J connectivity index is 1.51. The minimum atomic E-state index is 0.172. The largest absolute Gasteiger partial charge is 0.431 e.